The van der Waals surface area contributed by atoms with Crippen molar-refractivity contribution in [3.63, 3.8) is 0 Å². The number of hydrogen-bond acceptors (Lipinski definition) is 1. The lowest BCUT2D eigenvalue weighted by atomic mass is 10.2. The molecule has 1 N–H and O–H groups in total. The Labute approximate surface area is 80.3 Å². The molecule has 2 rings (SSSR count). The number of aromatic amines is 1. The molecule has 1 aromatic carbocycles. The van der Waals surface area contributed by atoms with Crippen molar-refractivity contribution in [1.82, 2.24) is 4.98 Å². The summed E-state index contributed by atoms with van der Waals surface area (Å²) in [6, 6.07) is 4.85. The molecule has 0 aliphatic heterocycles. The molecule has 13 heavy (non-hydrogen) atoms. The van der Waals surface area contributed by atoms with Gasteiger partial charge >= 0.3 is 0 Å². The normalized spacial score (nSPS) is 10.9. The maximum atomic E-state index is 12.8. The van der Waals surface area contributed by atoms with Crippen LogP contribution >= 0.6 is 11.8 Å². The molecule has 1 aromatic heterocycles. The second-order valence-corrected chi connectivity index (χ2v) is 3.80. The Hall–Kier alpha value is -0.960. The molecule has 2 aromatic rings. The summed E-state index contributed by atoms with van der Waals surface area (Å²) >= 11 is 1.76. The van der Waals surface area contributed by atoms with Crippen LogP contribution in [0.3, 0.4) is 0 Å². The van der Waals surface area contributed by atoms with Gasteiger partial charge in [-0.15, -0.1) is 0 Å². The molecule has 0 radical (unpaired) electrons. The van der Waals surface area contributed by atoms with Crippen molar-refractivity contribution in [1.29, 1.82) is 0 Å². The van der Waals surface area contributed by atoms with E-state index in [0.717, 1.165) is 16.7 Å². The van der Waals surface area contributed by atoms with Crippen LogP contribution in [0.1, 0.15) is 5.56 Å². The number of benzene rings is 1. The highest BCUT2D eigenvalue weighted by atomic mass is 32.2. The molecule has 0 saturated carbocycles. The van der Waals surface area contributed by atoms with Gasteiger partial charge in [0.05, 0.1) is 0 Å². The number of halogens is 1. The summed E-state index contributed by atoms with van der Waals surface area (Å²) in [5.74, 6) is 0.774. The van der Waals surface area contributed by atoms with Crippen molar-refractivity contribution < 1.29 is 4.39 Å². The number of rotatable bonds is 2. The van der Waals surface area contributed by atoms with Gasteiger partial charge in [-0.2, -0.15) is 11.8 Å². The molecule has 3 heteroatoms. The average Bonchev–Trinajstić information content (AvgIpc) is 2.49. The minimum absolute atomic E-state index is 0.190. The highest BCUT2D eigenvalue weighted by Gasteiger charge is 2.02. The zero-order chi connectivity index (χ0) is 9.26. The lowest BCUT2D eigenvalue weighted by molar-refractivity contribution is 0.629. The summed E-state index contributed by atoms with van der Waals surface area (Å²) in [6.45, 7) is 0. The first kappa shape index (κ1) is 8.63. The number of thioether (sulfide) groups is 1. The van der Waals surface area contributed by atoms with Gasteiger partial charge in [-0.05, 0) is 30.0 Å². The predicted octanol–water partition coefficient (Wildman–Crippen LogP) is 3.17. The molecule has 0 bridgehead atoms. The maximum Gasteiger partial charge on any atom is 0.125 e. The van der Waals surface area contributed by atoms with Crippen molar-refractivity contribution in [2.24, 2.45) is 0 Å². The summed E-state index contributed by atoms with van der Waals surface area (Å²) in [7, 11) is 0. The van der Waals surface area contributed by atoms with Crippen LogP contribution in [-0.2, 0) is 5.75 Å². The van der Waals surface area contributed by atoms with E-state index in [-0.39, 0.29) is 5.82 Å². The van der Waals surface area contributed by atoms with Gasteiger partial charge in [-0.3, -0.25) is 0 Å². The average molecular weight is 195 g/mol. The molecule has 0 aliphatic carbocycles. The van der Waals surface area contributed by atoms with Gasteiger partial charge in [0.2, 0.25) is 0 Å². The number of nitrogens with one attached hydrogen (secondary N) is 1. The van der Waals surface area contributed by atoms with Crippen molar-refractivity contribution >= 4 is 22.7 Å². The SMILES string of the molecule is CSCc1c[nH]c2cc(F)ccc12. The Morgan fingerprint density at radius 1 is 1.46 bits per heavy atom. The first-order valence-electron chi connectivity index (χ1n) is 4.05. The molecule has 0 spiro atoms. The Morgan fingerprint density at radius 3 is 3.08 bits per heavy atom. The first-order valence-corrected chi connectivity index (χ1v) is 5.45. The summed E-state index contributed by atoms with van der Waals surface area (Å²) in [4.78, 5) is 3.06. The number of fused-ring (bicyclic) bond motifs is 1. The minimum atomic E-state index is -0.190. The van der Waals surface area contributed by atoms with E-state index in [0.29, 0.717) is 0 Å². The lowest BCUT2D eigenvalue weighted by Gasteiger charge is -1.94. The minimum Gasteiger partial charge on any atom is -0.361 e. The van der Waals surface area contributed by atoms with E-state index >= 15 is 0 Å². The van der Waals surface area contributed by atoms with E-state index in [4.69, 9.17) is 0 Å². The van der Waals surface area contributed by atoms with Crippen molar-refractivity contribution in [2.75, 3.05) is 6.26 Å². The second-order valence-electron chi connectivity index (χ2n) is 2.94. The van der Waals surface area contributed by atoms with E-state index in [1.165, 1.54) is 17.7 Å². The van der Waals surface area contributed by atoms with Crippen LogP contribution in [0.2, 0.25) is 0 Å². The number of hydrogen-bond donors (Lipinski definition) is 1. The molecule has 0 aliphatic rings. The van der Waals surface area contributed by atoms with Crippen LogP contribution in [0.25, 0.3) is 10.9 Å². The monoisotopic (exact) mass is 195 g/mol. The van der Waals surface area contributed by atoms with Gasteiger partial charge in [0.1, 0.15) is 5.82 Å². The van der Waals surface area contributed by atoms with E-state index in [1.807, 2.05) is 12.3 Å². The molecule has 68 valence electrons. The summed E-state index contributed by atoms with van der Waals surface area (Å²) < 4.78 is 12.8. The Morgan fingerprint density at radius 2 is 2.31 bits per heavy atom. The van der Waals surface area contributed by atoms with Gasteiger partial charge in [0, 0.05) is 22.9 Å². The third-order valence-corrected chi connectivity index (χ3v) is 2.63. The summed E-state index contributed by atoms with van der Waals surface area (Å²) in [5, 5.41) is 1.12. The highest BCUT2D eigenvalue weighted by molar-refractivity contribution is 7.97. The van der Waals surface area contributed by atoms with E-state index in [1.54, 1.807) is 11.8 Å². The van der Waals surface area contributed by atoms with E-state index in [9.17, 15) is 4.39 Å². The first-order chi connectivity index (χ1) is 6.31. The van der Waals surface area contributed by atoms with Gasteiger partial charge in [0.25, 0.3) is 0 Å². The molecule has 1 heterocycles. The predicted molar refractivity (Wildman–Crippen MR) is 55.5 cm³/mol. The Balaban J connectivity index is 2.55. The topological polar surface area (TPSA) is 15.8 Å². The standard InChI is InChI=1S/C10H10FNS/c1-13-6-7-5-12-10-4-8(11)2-3-9(7)10/h2-5,12H,6H2,1H3. The third-order valence-electron chi connectivity index (χ3n) is 2.03. The fraction of sp³-hybridized carbons (Fsp3) is 0.200. The highest BCUT2D eigenvalue weighted by Crippen LogP contribution is 2.21. The van der Waals surface area contributed by atoms with E-state index in [2.05, 4.69) is 11.2 Å². The molecule has 0 saturated heterocycles. The van der Waals surface area contributed by atoms with Crippen molar-refractivity contribution in [3.8, 4) is 0 Å². The largest absolute Gasteiger partial charge is 0.361 e. The van der Waals surface area contributed by atoms with Gasteiger partial charge < -0.3 is 4.98 Å². The fourth-order valence-corrected chi connectivity index (χ4v) is 1.98. The van der Waals surface area contributed by atoms with Crippen LogP contribution in [0.5, 0.6) is 0 Å². The zero-order valence-corrected chi connectivity index (χ0v) is 8.12. The molecular formula is C10H10FNS. The van der Waals surface area contributed by atoms with Crippen LogP contribution in [0.15, 0.2) is 24.4 Å². The summed E-state index contributed by atoms with van der Waals surface area (Å²) in [6.07, 6.45) is 4.00. The van der Waals surface area contributed by atoms with Crippen molar-refractivity contribution in [3.05, 3.63) is 35.8 Å². The second kappa shape index (κ2) is 3.42. The van der Waals surface area contributed by atoms with Crippen LogP contribution in [-0.4, -0.2) is 11.2 Å². The smallest absolute Gasteiger partial charge is 0.125 e. The van der Waals surface area contributed by atoms with Gasteiger partial charge in [0.15, 0.2) is 0 Å². The Kier molecular flexibility index (Phi) is 2.27. The van der Waals surface area contributed by atoms with Crippen molar-refractivity contribution in [2.45, 2.75) is 5.75 Å². The maximum absolute atomic E-state index is 12.8. The molecule has 0 fully saturated rings. The van der Waals surface area contributed by atoms with E-state index < -0.39 is 0 Å². The summed E-state index contributed by atoms with van der Waals surface area (Å²) in [5.41, 5.74) is 2.12. The molecular weight excluding hydrogens is 185 g/mol. The zero-order valence-electron chi connectivity index (χ0n) is 7.30. The number of H-pyrrole nitrogens is 1. The third kappa shape index (κ3) is 1.56. The molecule has 1 nitrogen and oxygen atoms in total. The molecule has 0 amide bonds. The Bertz CT molecular complexity index is 422. The quantitative estimate of drug-likeness (QED) is 0.778. The fourth-order valence-electron chi connectivity index (χ4n) is 1.43. The number of aromatic nitrogens is 1. The lowest BCUT2D eigenvalue weighted by Crippen LogP contribution is -1.76. The van der Waals surface area contributed by atoms with Crippen LogP contribution in [0, 0.1) is 5.82 Å². The van der Waals surface area contributed by atoms with Crippen LogP contribution in [0.4, 0.5) is 4.39 Å². The molecule has 0 atom stereocenters. The molecule has 0 unspecified atom stereocenters. The van der Waals surface area contributed by atoms with Gasteiger partial charge in [-0.25, -0.2) is 4.39 Å². The van der Waals surface area contributed by atoms with Gasteiger partial charge in [-0.1, -0.05) is 0 Å². The van der Waals surface area contributed by atoms with Crippen LogP contribution < -0.4 is 0 Å².